The van der Waals surface area contributed by atoms with Crippen molar-refractivity contribution in [3.63, 3.8) is 0 Å². The summed E-state index contributed by atoms with van der Waals surface area (Å²) in [5.41, 5.74) is 0. The zero-order valence-corrected chi connectivity index (χ0v) is 7.87. The summed E-state index contributed by atoms with van der Waals surface area (Å²) >= 11 is 0. The third kappa shape index (κ3) is 5.75. The first-order chi connectivity index (χ1) is 5.00. The normalized spacial score (nSPS) is 7.27. The predicted octanol–water partition coefficient (Wildman–Crippen LogP) is 2.81. The molecular weight excluding hydrogens is 221 g/mol. The summed E-state index contributed by atoms with van der Waals surface area (Å²) in [6.07, 6.45) is 0. The first-order valence-electron chi connectivity index (χ1n) is 3.33. The summed E-state index contributed by atoms with van der Waals surface area (Å²) in [5.74, 6) is 0. The summed E-state index contributed by atoms with van der Waals surface area (Å²) < 4.78 is 0. The van der Waals surface area contributed by atoms with E-state index in [2.05, 4.69) is 0 Å². The summed E-state index contributed by atoms with van der Waals surface area (Å²) in [6, 6.07) is 20.0. The third-order valence-electron chi connectivity index (χ3n) is 1.11. The van der Waals surface area contributed by atoms with Crippen molar-refractivity contribution < 1.29 is 19.5 Å². The van der Waals surface area contributed by atoms with Gasteiger partial charge in [0.2, 0.25) is 0 Å². The Bertz CT molecular complexity index is 144. The molecule has 0 spiro atoms. The Morgan fingerprint density at radius 2 is 1.00 bits per heavy atom. The molecule has 0 aliphatic heterocycles. The minimum atomic E-state index is 0. The topological polar surface area (TPSA) is 0 Å². The van der Waals surface area contributed by atoms with Gasteiger partial charge in [-0.25, -0.2) is 12.1 Å². The van der Waals surface area contributed by atoms with Gasteiger partial charge in [0.1, 0.15) is 0 Å². The second-order valence-corrected chi connectivity index (χ2v) is 1.92. The molecule has 0 nitrogen and oxygen atoms in total. The summed E-state index contributed by atoms with van der Waals surface area (Å²) in [6.45, 7) is 0. The molecule has 0 fully saturated rings. The van der Waals surface area contributed by atoms with Gasteiger partial charge in [-0.2, -0.15) is 18.2 Å². The van der Waals surface area contributed by atoms with Crippen LogP contribution < -0.4 is 0 Å². The largest absolute Gasteiger partial charge is 0.748 e. The molecule has 0 heterocycles. The molecule has 0 amide bonds. The molecule has 64 valence electrons. The van der Waals surface area contributed by atoms with Crippen LogP contribution in [-0.2, 0) is 19.5 Å². The van der Waals surface area contributed by atoms with Crippen LogP contribution in [0.2, 0.25) is 0 Å². The van der Waals surface area contributed by atoms with Crippen molar-refractivity contribution in [2.24, 2.45) is 0 Å². The predicted molar refractivity (Wildman–Crippen MR) is 44.1 cm³/mol. The average Bonchev–Trinajstić information content (AvgIpc) is 2.67. The van der Waals surface area contributed by atoms with E-state index in [0.29, 0.717) is 0 Å². The van der Waals surface area contributed by atoms with Crippen molar-refractivity contribution >= 4 is 0 Å². The maximum Gasteiger partial charge on any atom is 0 e. The molecule has 0 saturated carbocycles. The molecule has 0 unspecified atom stereocenters. The van der Waals surface area contributed by atoms with Crippen LogP contribution >= 0.6 is 0 Å². The Hall–Kier alpha value is -0.677. The fourth-order valence-corrected chi connectivity index (χ4v) is 0.642. The van der Waals surface area contributed by atoms with Crippen molar-refractivity contribution in [2.45, 2.75) is 0 Å². The SMILES string of the molecule is [Ru].[cH-]1[cH-][cH-][cH-][cH-]1.c1cc[cH-]c1. The smallest absolute Gasteiger partial charge is 0 e. The van der Waals surface area contributed by atoms with Crippen molar-refractivity contribution in [3.8, 4) is 0 Å². The van der Waals surface area contributed by atoms with Crippen LogP contribution in [0.1, 0.15) is 0 Å². The zero-order chi connectivity index (χ0) is 7.07. The molecule has 0 aliphatic carbocycles. The Morgan fingerprint density at radius 3 is 1.18 bits per heavy atom. The standard InChI is InChI=1S/2C5H5.Ru/c2*1-2-4-5-3-1;/h2*1-5H;/q-5;-1;. The van der Waals surface area contributed by atoms with Gasteiger partial charge < -0.3 is 30.3 Å². The van der Waals surface area contributed by atoms with Crippen LogP contribution in [0.25, 0.3) is 0 Å². The Balaban J connectivity index is 0.000000167. The van der Waals surface area contributed by atoms with E-state index < -0.39 is 0 Å². The molecule has 0 bridgehead atoms. The van der Waals surface area contributed by atoms with Crippen LogP contribution in [-0.4, -0.2) is 0 Å². The molecular formula is C10H10Ru-6. The second-order valence-electron chi connectivity index (χ2n) is 1.92. The van der Waals surface area contributed by atoms with Gasteiger partial charge >= 0.3 is 0 Å². The molecule has 2 aromatic carbocycles. The first kappa shape index (κ1) is 10.3. The fraction of sp³-hybridized carbons (Fsp3) is 0. The Labute approximate surface area is 80.4 Å². The van der Waals surface area contributed by atoms with E-state index in [9.17, 15) is 0 Å². The monoisotopic (exact) mass is 232 g/mol. The van der Waals surface area contributed by atoms with Crippen LogP contribution in [0.15, 0.2) is 60.7 Å². The van der Waals surface area contributed by atoms with Gasteiger partial charge in [-0.15, -0.1) is 0 Å². The van der Waals surface area contributed by atoms with Crippen molar-refractivity contribution in [2.75, 3.05) is 0 Å². The third-order valence-corrected chi connectivity index (χ3v) is 1.11. The Kier molecular flexibility index (Phi) is 6.97. The Morgan fingerprint density at radius 1 is 0.636 bits per heavy atom. The van der Waals surface area contributed by atoms with Gasteiger partial charge in [-0.1, -0.05) is 0 Å². The number of hydrogen-bond acceptors (Lipinski definition) is 0. The summed E-state index contributed by atoms with van der Waals surface area (Å²) in [4.78, 5) is 0. The van der Waals surface area contributed by atoms with E-state index in [1.54, 1.807) is 0 Å². The molecule has 1 heteroatoms. The molecule has 2 aromatic rings. The van der Waals surface area contributed by atoms with Gasteiger partial charge in [-0.3, -0.25) is 0 Å². The van der Waals surface area contributed by atoms with E-state index in [1.165, 1.54) is 0 Å². The van der Waals surface area contributed by atoms with E-state index in [0.717, 1.165) is 0 Å². The van der Waals surface area contributed by atoms with Crippen molar-refractivity contribution in [1.82, 2.24) is 0 Å². The minimum absolute atomic E-state index is 0. The minimum Gasteiger partial charge on any atom is -0.748 e. The van der Waals surface area contributed by atoms with E-state index in [1.807, 2.05) is 60.7 Å². The average molecular weight is 231 g/mol. The van der Waals surface area contributed by atoms with Crippen LogP contribution in [0.3, 0.4) is 0 Å². The molecule has 0 N–H and O–H groups in total. The van der Waals surface area contributed by atoms with Gasteiger partial charge in [0.15, 0.2) is 0 Å². The second kappa shape index (κ2) is 7.43. The van der Waals surface area contributed by atoms with Crippen molar-refractivity contribution in [3.05, 3.63) is 60.7 Å². The molecule has 0 saturated heterocycles. The van der Waals surface area contributed by atoms with Gasteiger partial charge in [0, 0.05) is 19.5 Å². The molecule has 11 heavy (non-hydrogen) atoms. The molecule has 0 aliphatic rings. The van der Waals surface area contributed by atoms with Crippen LogP contribution in [0.5, 0.6) is 0 Å². The van der Waals surface area contributed by atoms with E-state index in [4.69, 9.17) is 0 Å². The molecule has 2 rings (SSSR count). The zero-order valence-electron chi connectivity index (χ0n) is 6.13. The summed E-state index contributed by atoms with van der Waals surface area (Å²) in [7, 11) is 0. The van der Waals surface area contributed by atoms with Crippen molar-refractivity contribution in [1.29, 1.82) is 0 Å². The number of rotatable bonds is 0. The fourth-order valence-electron chi connectivity index (χ4n) is 0.642. The molecule has 0 radical (unpaired) electrons. The number of hydrogen-bond donors (Lipinski definition) is 0. The van der Waals surface area contributed by atoms with Gasteiger partial charge in [0.25, 0.3) is 0 Å². The first-order valence-corrected chi connectivity index (χ1v) is 3.33. The molecule has 0 atom stereocenters. The summed E-state index contributed by atoms with van der Waals surface area (Å²) in [5, 5.41) is 0. The van der Waals surface area contributed by atoms with Gasteiger partial charge in [-0.05, 0) is 0 Å². The van der Waals surface area contributed by atoms with Gasteiger partial charge in [0.05, 0.1) is 0 Å². The van der Waals surface area contributed by atoms with E-state index >= 15 is 0 Å². The van der Waals surface area contributed by atoms with Crippen LogP contribution in [0, 0.1) is 0 Å². The maximum absolute atomic E-state index is 2.00. The maximum atomic E-state index is 2.00. The molecule has 0 aromatic heterocycles. The van der Waals surface area contributed by atoms with Crippen LogP contribution in [0.4, 0.5) is 0 Å². The van der Waals surface area contributed by atoms with E-state index in [-0.39, 0.29) is 19.5 Å². The quantitative estimate of drug-likeness (QED) is 0.483.